The van der Waals surface area contributed by atoms with Crippen LogP contribution in [0.1, 0.15) is 5.56 Å². The smallest absolute Gasteiger partial charge is 0.234 e. The van der Waals surface area contributed by atoms with Gasteiger partial charge in [0.15, 0.2) is 11.5 Å². The number of rotatable bonds is 7. The lowest BCUT2D eigenvalue weighted by atomic mass is 10.1. The van der Waals surface area contributed by atoms with E-state index in [9.17, 15) is 4.79 Å². The highest BCUT2D eigenvalue weighted by atomic mass is 32.2. The van der Waals surface area contributed by atoms with Gasteiger partial charge in [-0.25, -0.2) is 4.98 Å². The van der Waals surface area contributed by atoms with Gasteiger partial charge in [-0.05, 0) is 36.8 Å². The van der Waals surface area contributed by atoms with E-state index in [4.69, 9.17) is 19.2 Å². The van der Waals surface area contributed by atoms with Crippen molar-refractivity contribution in [1.82, 2.24) is 4.98 Å². The van der Waals surface area contributed by atoms with Crippen molar-refractivity contribution < 1.29 is 19.0 Å². The number of benzene rings is 2. The Labute approximate surface area is 192 Å². The highest BCUT2D eigenvalue weighted by Crippen LogP contribution is 2.34. The Hall–Kier alpha value is -2.97. The lowest BCUT2D eigenvalue weighted by molar-refractivity contribution is -0.113. The SMILES string of the molecule is COc1cc2cc(C)c(SCC(=O)Nc3ccccc3N3CCOCC3)nc2cc1OC. The fourth-order valence-electron chi connectivity index (χ4n) is 3.71. The number of nitrogens with one attached hydrogen (secondary N) is 1. The Morgan fingerprint density at radius 1 is 1.12 bits per heavy atom. The largest absolute Gasteiger partial charge is 0.493 e. The summed E-state index contributed by atoms with van der Waals surface area (Å²) in [4.78, 5) is 19.7. The zero-order chi connectivity index (χ0) is 22.5. The molecule has 1 aliphatic rings. The minimum Gasteiger partial charge on any atom is -0.493 e. The van der Waals surface area contributed by atoms with Crippen molar-refractivity contribution in [3.05, 3.63) is 48.0 Å². The first-order valence-corrected chi connectivity index (χ1v) is 11.5. The average Bonchev–Trinajstić information content (AvgIpc) is 2.82. The molecule has 0 saturated carbocycles. The number of aromatic nitrogens is 1. The fourth-order valence-corrected chi connectivity index (χ4v) is 4.50. The summed E-state index contributed by atoms with van der Waals surface area (Å²) in [5, 5.41) is 4.85. The number of amides is 1. The van der Waals surface area contributed by atoms with Crippen LogP contribution in [0.3, 0.4) is 0 Å². The van der Waals surface area contributed by atoms with Crippen molar-refractivity contribution in [2.75, 3.05) is 56.5 Å². The zero-order valence-electron chi connectivity index (χ0n) is 18.5. The normalized spacial score (nSPS) is 13.8. The monoisotopic (exact) mass is 453 g/mol. The molecule has 0 aliphatic carbocycles. The van der Waals surface area contributed by atoms with Gasteiger partial charge in [-0.1, -0.05) is 23.9 Å². The number of thioether (sulfide) groups is 1. The Morgan fingerprint density at radius 3 is 2.59 bits per heavy atom. The third-order valence-electron chi connectivity index (χ3n) is 5.33. The van der Waals surface area contributed by atoms with E-state index in [-0.39, 0.29) is 11.7 Å². The van der Waals surface area contributed by atoms with Gasteiger partial charge in [0.05, 0.1) is 50.1 Å². The molecular formula is C24H27N3O4S. The van der Waals surface area contributed by atoms with E-state index in [1.807, 2.05) is 43.3 Å². The van der Waals surface area contributed by atoms with Crippen LogP contribution in [0.15, 0.2) is 47.5 Å². The van der Waals surface area contributed by atoms with E-state index in [0.29, 0.717) is 24.7 Å². The predicted octanol–water partition coefficient (Wildman–Crippen LogP) is 4.13. The molecule has 1 aromatic heterocycles. The van der Waals surface area contributed by atoms with Gasteiger partial charge in [0.2, 0.25) is 5.91 Å². The van der Waals surface area contributed by atoms with Crippen LogP contribution in [0, 0.1) is 6.92 Å². The zero-order valence-corrected chi connectivity index (χ0v) is 19.3. The van der Waals surface area contributed by atoms with Crippen molar-refractivity contribution in [1.29, 1.82) is 0 Å². The molecule has 3 aromatic rings. The maximum Gasteiger partial charge on any atom is 0.234 e. The molecule has 1 N–H and O–H groups in total. The van der Waals surface area contributed by atoms with E-state index < -0.39 is 0 Å². The number of anilines is 2. The number of pyridine rings is 1. The van der Waals surface area contributed by atoms with Crippen LogP contribution in [-0.2, 0) is 9.53 Å². The molecule has 1 aliphatic heterocycles. The molecule has 0 atom stereocenters. The van der Waals surface area contributed by atoms with Gasteiger partial charge in [-0.2, -0.15) is 0 Å². The van der Waals surface area contributed by atoms with Gasteiger partial charge < -0.3 is 24.4 Å². The summed E-state index contributed by atoms with van der Waals surface area (Å²) in [5.74, 6) is 1.50. The molecule has 0 unspecified atom stereocenters. The fraction of sp³-hybridized carbons (Fsp3) is 0.333. The lowest BCUT2D eigenvalue weighted by Crippen LogP contribution is -2.36. The molecule has 2 heterocycles. The molecule has 0 spiro atoms. The van der Waals surface area contributed by atoms with Crippen molar-refractivity contribution in [3.8, 4) is 11.5 Å². The number of morpholine rings is 1. The van der Waals surface area contributed by atoms with Gasteiger partial charge in [-0.3, -0.25) is 4.79 Å². The summed E-state index contributed by atoms with van der Waals surface area (Å²) in [5.41, 5.74) is 3.65. The van der Waals surface area contributed by atoms with Crippen LogP contribution in [0.25, 0.3) is 10.9 Å². The number of aryl methyl sites for hydroxylation is 1. The van der Waals surface area contributed by atoms with Crippen LogP contribution in [0.5, 0.6) is 11.5 Å². The van der Waals surface area contributed by atoms with Crippen molar-refractivity contribution in [3.63, 3.8) is 0 Å². The van der Waals surface area contributed by atoms with Crippen LogP contribution in [0.2, 0.25) is 0 Å². The molecule has 168 valence electrons. The van der Waals surface area contributed by atoms with E-state index in [1.165, 1.54) is 11.8 Å². The van der Waals surface area contributed by atoms with Gasteiger partial charge >= 0.3 is 0 Å². The number of para-hydroxylation sites is 2. The first kappa shape index (κ1) is 22.2. The number of nitrogens with zero attached hydrogens (tertiary/aromatic N) is 2. The highest BCUT2D eigenvalue weighted by Gasteiger charge is 2.16. The average molecular weight is 454 g/mol. The van der Waals surface area contributed by atoms with Gasteiger partial charge in [0.25, 0.3) is 0 Å². The number of ether oxygens (including phenoxy) is 3. The van der Waals surface area contributed by atoms with Gasteiger partial charge in [-0.15, -0.1) is 0 Å². The second-order valence-electron chi connectivity index (χ2n) is 7.46. The van der Waals surface area contributed by atoms with Crippen molar-refractivity contribution in [2.45, 2.75) is 11.9 Å². The van der Waals surface area contributed by atoms with Gasteiger partial charge in [0.1, 0.15) is 5.03 Å². The van der Waals surface area contributed by atoms with Crippen molar-refractivity contribution >= 4 is 39.9 Å². The number of carbonyl (C=O) groups is 1. The summed E-state index contributed by atoms with van der Waals surface area (Å²) in [7, 11) is 3.22. The van der Waals surface area contributed by atoms with Crippen LogP contribution >= 0.6 is 11.8 Å². The number of carbonyl (C=O) groups excluding carboxylic acids is 1. The first-order valence-electron chi connectivity index (χ1n) is 10.5. The minimum absolute atomic E-state index is 0.0654. The summed E-state index contributed by atoms with van der Waals surface area (Å²) in [6.45, 7) is 5.02. The maximum atomic E-state index is 12.7. The van der Waals surface area contributed by atoms with E-state index in [1.54, 1.807) is 14.2 Å². The number of hydrogen-bond donors (Lipinski definition) is 1. The van der Waals surface area contributed by atoms with Gasteiger partial charge in [0, 0.05) is 24.5 Å². The molecule has 4 rings (SSSR count). The lowest BCUT2D eigenvalue weighted by Gasteiger charge is -2.30. The molecule has 0 radical (unpaired) electrons. The molecule has 0 bridgehead atoms. The van der Waals surface area contributed by atoms with Crippen LogP contribution in [0.4, 0.5) is 11.4 Å². The maximum absolute atomic E-state index is 12.7. The van der Waals surface area contributed by atoms with Crippen LogP contribution < -0.4 is 19.7 Å². The molecule has 7 nitrogen and oxygen atoms in total. The molecule has 1 saturated heterocycles. The van der Waals surface area contributed by atoms with E-state index in [0.717, 1.165) is 46.0 Å². The summed E-state index contributed by atoms with van der Waals surface area (Å²) in [6, 6.07) is 13.7. The number of methoxy groups -OCH3 is 2. The standard InChI is InChI=1S/C24H27N3O4S/c1-16-12-17-13-21(29-2)22(30-3)14-19(17)26-24(16)32-15-23(28)25-18-6-4-5-7-20(18)27-8-10-31-11-9-27/h4-7,12-14H,8-11,15H2,1-3H3,(H,25,28). The topological polar surface area (TPSA) is 72.9 Å². The second-order valence-corrected chi connectivity index (χ2v) is 8.43. The third-order valence-corrected chi connectivity index (χ3v) is 6.43. The Balaban J connectivity index is 1.47. The summed E-state index contributed by atoms with van der Waals surface area (Å²) >= 11 is 1.43. The molecular weight excluding hydrogens is 426 g/mol. The number of fused-ring (bicyclic) bond motifs is 1. The molecule has 2 aromatic carbocycles. The molecule has 32 heavy (non-hydrogen) atoms. The Morgan fingerprint density at radius 2 is 1.84 bits per heavy atom. The first-order chi connectivity index (χ1) is 15.6. The summed E-state index contributed by atoms with van der Waals surface area (Å²) < 4.78 is 16.2. The van der Waals surface area contributed by atoms with Crippen LogP contribution in [-0.4, -0.2) is 57.2 Å². The molecule has 1 fully saturated rings. The molecule has 1 amide bonds. The van der Waals surface area contributed by atoms with Crippen molar-refractivity contribution in [2.24, 2.45) is 0 Å². The Kier molecular flexibility index (Phi) is 7.02. The van der Waals surface area contributed by atoms with E-state index >= 15 is 0 Å². The highest BCUT2D eigenvalue weighted by molar-refractivity contribution is 8.00. The third kappa shape index (κ3) is 4.92. The quantitative estimate of drug-likeness (QED) is 0.539. The number of hydrogen-bond acceptors (Lipinski definition) is 7. The Bertz CT molecular complexity index is 1120. The summed E-state index contributed by atoms with van der Waals surface area (Å²) in [6.07, 6.45) is 0. The minimum atomic E-state index is -0.0654. The van der Waals surface area contributed by atoms with E-state index in [2.05, 4.69) is 16.3 Å². The molecule has 8 heteroatoms. The second kappa shape index (κ2) is 10.1. The predicted molar refractivity (Wildman–Crippen MR) is 128 cm³/mol.